The molecule has 1 aliphatic heterocycles. The Morgan fingerprint density at radius 2 is 1.56 bits per heavy atom. The molecule has 1 unspecified atom stereocenters. The molecule has 1 saturated carbocycles. The fraction of sp³-hybridized carbons (Fsp3) is 1.00. The molecule has 0 aromatic carbocycles. The summed E-state index contributed by atoms with van der Waals surface area (Å²) >= 11 is 0. The van der Waals surface area contributed by atoms with Gasteiger partial charge in [-0.2, -0.15) is 0 Å². The SMILES string of the molecule is CCN1CCN(C)C1C1CCCCCCC1. The van der Waals surface area contributed by atoms with E-state index in [1.807, 2.05) is 0 Å². The molecule has 2 heteroatoms. The van der Waals surface area contributed by atoms with Gasteiger partial charge in [0.1, 0.15) is 0 Å². The molecule has 2 fully saturated rings. The normalized spacial score (nSPS) is 31.5. The summed E-state index contributed by atoms with van der Waals surface area (Å²) in [5.74, 6) is 0.938. The Balaban J connectivity index is 1.96. The molecular weight excluding hydrogens is 196 g/mol. The van der Waals surface area contributed by atoms with Crippen molar-refractivity contribution in [2.24, 2.45) is 5.92 Å². The van der Waals surface area contributed by atoms with E-state index in [-0.39, 0.29) is 0 Å². The molecule has 2 aliphatic rings. The Morgan fingerprint density at radius 1 is 0.938 bits per heavy atom. The van der Waals surface area contributed by atoms with E-state index in [4.69, 9.17) is 0 Å². The van der Waals surface area contributed by atoms with E-state index >= 15 is 0 Å². The van der Waals surface area contributed by atoms with Crippen molar-refractivity contribution in [2.75, 3.05) is 26.7 Å². The van der Waals surface area contributed by atoms with Crippen LogP contribution in [0.25, 0.3) is 0 Å². The third kappa shape index (κ3) is 2.78. The zero-order valence-corrected chi connectivity index (χ0v) is 11.1. The van der Waals surface area contributed by atoms with Crippen molar-refractivity contribution < 1.29 is 0 Å². The van der Waals surface area contributed by atoms with Crippen molar-refractivity contribution in [2.45, 2.75) is 58.0 Å². The van der Waals surface area contributed by atoms with Crippen LogP contribution in [0, 0.1) is 5.92 Å². The van der Waals surface area contributed by atoms with E-state index < -0.39 is 0 Å². The molecule has 0 aromatic rings. The third-order valence-electron chi connectivity index (χ3n) is 4.54. The topological polar surface area (TPSA) is 6.48 Å². The number of nitrogens with zero attached hydrogens (tertiary/aromatic N) is 2. The smallest absolute Gasteiger partial charge is 0.0649 e. The van der Waals surface area contributed by atoms with E-state index in [1.54, 1.807) is 0 Å². The molecule has 0 aromatic heterocycles. The van der Waals surface area contributed by atoms with E-state index in [1.165, 1.54) is 64.6 Å². The highest BCUT2D eigenvalue weighted by Crippen LogP contribution is 2.30. The van der Waals surface area contributed by atoms with Crippen LogP contribution in [-0.2, 0) is 0 Å². The van der Waals surface area contributed by atoms with Gasteiger partial charge in [-0.25, -0.2) is 0 Å². The molecule has 94 valence electrons. The first-order valence-electron chi connectivity index (χ1n) is 7.27. The van der Waals surface area contributed by atoms with Gasteiger partial charge in [0.05, 0.1) is 6.17 Å². The van der Waals surface area contributed by atoms with Crippen LogP contribution in [0.5, 0.6) is 0 Å². The Morgan fingerprint density at radius 3 is 2.19 bits per heavy atom. The molecule has 1 atom stereocenters. The van der Waals surface area contributed by atoms with Crippen LogP contribution in [0.4, 0.5) is 0 Å². The van der Waals surface area contributed by atoms with Crippen LogP contribution in [0.2, 0.25) is 0 Å². The fourth-order valence-corrected chi connectivity index (χ4v) is 3.62. The maximum Gasteiger partial charge on any atom is 0.0649 e. The highest BCUT2D eigenvalue weighted by molar-refractivity contribution is 4.85. The van der Waals surface area contributed by atoms with Crippen LogP contribution >= 0.6 is 0 Å². The molecule has 0 radical (unpaired) electrons. The number of likely N-dealkylation sites (N-methyl/N-ethyl adjacent to an activating group) is 2. The van der Waals surface area contributed by atoms with Gasteiger partial charge in [0.15, 0.2) is 0 Å². The number of rotatable bonds is 2. The average molecular weight is 224 g/mol. The zero-order valence-electron chi connectivity index (χ0n) is 11.1. The first kappa shape index (κ1) is 12.4. The van der Waals surface area contributed by atoms with Crippen LogP contribution in [-0.4, -0.2) is 42.6 Å². The minimum Gasteiger partial charge on any atom is -0.289 e. The monoisotopic (exact) mass is 224 g/mol. The van der Waals surface area contributed by atoms with Crippen LogP contribution in [0.1, 0.15) is 51.9 Å². The summed E-state index contributed by atoms with van der Waals surface area (Å²) in [6.07, 6.45) is 11.0. The molecule has 1 heterocycles. The molecule has 0 spiro atoms. The van der Waals surface area contributed by atoms with Crippen molar-refractivity contribution in [3.63, 3.8) is 0 Å². The summed E-state index contributed by atoms with van der Waals surface area (Å²) in [7, 11) is 2.32. The van der Waals surface area contributed by atoms with Gasteiger partial charge in [0.25, 0.3) is 0 Å². The van der Waals surface area contributed by atoms with Gasteiger partial charge in [-0.05, 0) is 32.4 Å². The van der Waals surface area contributed by atoms with Gasteiger partial charge < -0.3 is 0 Å². The zero-order chi connectivity index (χ0) is 11.4. The van der Waals surface area contributed by atoms with E-state index in [0.29, 0.717) is 0 Å². The molecule has 0 bridgehead atoms. The molecule has 16 heavy (non-hydrogen) atoms. The molecular formula is C14H28N2. The second kappa shape index (κ2) is 6.02. The van der Waals surface area contributed by atoms with Crippen molar-refractivity contribution in [3.8, 4) is 0 Å². The summed E-state index contributed by atoms with van der Waals surface area (Å²) in [5, 5.41) is 0. The summed E-state index contributed by atoms with van der Waals surface area (Å²) < 4.78 is 0. The lowest BCUT2D eigenvalue weighted by atomic mass is 9.88. The lowest BCUT2D eigenvalue weighted by Gasteiger charge is -2.35. The first-order chi connectivity index (χ1) is 7.83. The first-order valence-corrected chi connectivity index (χ1v) is 7.27. The minimum atomic E-state index is 0.753. The highest BCUT2D eigenvalue weighted by atomic mass is 15.4. The summed E-state index contributed by atoms with van der Waals surface area (Å²) in [5.41, 5.74) is 0. The Labute approximate surface area is 101 Å². The van der Waals surface area contributed by atoms with Crippen LogP contribution in [0.3, 0.4) is 0 Å². The quantitative estimate of drug-likeness (QED) is 0.711. The highest BCUT2D eigenvalue weighted by Gasteiger charge is 2.34. The maximum atomic E-state index is 2.69. The van der Waals surface area contributed by atoms with Gasteiger partial charge in [-0.15, -0.1) is 0 Å². The van der Waals surface area contributed by atoms with Crippen molar-refractivity contribution >= 4 is 0 Å². The minimum absolute atomic E-state index is 0.753. The second-order valence-corrected chi connectivity index (χ2v) is 5.63. The Bertz CT molecular complexity index is 197. The van der Waals surface area contributed by atoms with Gasteiger partial charge in [0, 0.05) is 13.1 Å². The molecule has 1 saturated heterocycles. The lowest BCUT2D eigenvalue weighted by molar-refractivity contribution is 0.0843. The predicted molar refractivity (Wildman–Crippen MR) is 69.5 cm³/mol. The van der Waals surface area contributed by atoms with Crippen LogP contribution in [0.15, 0.2) is 0 Å². The third-order valence-corrected chi connectivity index (χ3v) is 4.54. The molecule has 2 rings (SSSR count). The Kier molecular flexibility index (Phi) is 4.66. The Hall–Kier alpha value is -0.0800. The van der Waals surface area contributed by atoms with Gasteiger partial charge in [-0.3, -0.25) is 9.80 Å². The van der Waals surface area contributed by atoms with Gasteiger partial charge in [0.2, 0.25) is 0 Å². The predicted octanol–water partition coefficient (Wildman–Crippen LogP) is 2.94. The van der Waals surface area contributed by atoms with Crippen LogP contribution < -0.4 is 0 Å². The molecule has 2 nitrogen and oxygen atoms in total. The summed E-state index contributed by atoms with van der Waals surface area (Å²) in [6.45, 7) is 6.10. The van der Waals surface area contributed by atoms with E-state index in [0.717, 1.165) is 12.1 Å². The van der Waals surface area contributed by atoms with E-state index in [9.17, 15) is 0 Å². The van der Waals surface area contributed by atoms with Gasteiger partial charge >= 0.3 is 0 Å². The lowest BCUT2D eigenvalue weighted by Crippen LogP contribution is -2.43. The van der Waals surface area contributed by atoms with Crippen molar-refractivity contribution in [1.29, 1.82) is 0 Å². The number of hydrogen-bond acceptors (Lipinski definition) is 2. The van der Waals surface area contributed by atoms with Gasteiger partial charge in [-0.1, -0.05) is 39.0 Å². The van der Waals surface area contributed by atoms with Crippen molar-refractivity contribution in [3.05, 3.63) is 0 Å². The maximum absolute atomic E-state index is 2.69. The standard InChI is InChI=1S/C14H28N2/c1-3-16-12-11-15(2)14(16)13-9-7-5-4-6-8-10-13/h13-14H,3-12H2,1-2H3. The molecule has 0 amide bonds. The molecule has 1 aliphatic carbocycles. The number of hydrogen-bond donors (Lipinski definition) is 0. The average Bonchev–Trinajstić information content (AvgIpc) is 2.60. The summed E-state index contributed by atoms with van der Waals surface area (Å²) in [6, 6.07) is 0. The second-order valence-electron chi connectivity index (χ2n) is 5.63. The van der Waals surface area contributed by atoms with E-state index in [2.05, 4.69) is 23.8 Å². The summed E-state index contributed by atoms with van der Waals surface area (Å²) in [4.78, 5) is 5.28. The van der Waals surface area contributed by atoms with Crippen molar-refractivity contribution in [1.82, 2.24) is 9.80 Å². The fourth-order valence-electron chi connectivity index (χ4n) is 3.62. The molecule has 0 N–H and O–H groups in total. The largest absolute Gasteiger partial charge is 0.289 e.